The number of hydrogen-bond donors (Lipinski definition) is 0. The van der Waals surface area contributed by atoms with E-state index in [1.54, 1.807) is 0 Å². The Bertz CT molecular complexity index is 170. The van der Waals surface area contributed by atoms with Crippen molar-refractivity contribution >= 4 is 12.2 Å². The summed E-state index contributed by atoms with van der Waals surface area (Å²) in [4.78, 5) is 26.1. The van der Waals surface area contributed by atoms with Crippen LogP contribution in [-0.2, 0) is 9.59 Å². The van der Waals surface area contributed by atoms with Crippen LogP contribution in [0.2, 0.25) is 0 Å². The van der Waals surface area contributed by atoms with Gasteiger partial charge in [-0.3, -0.25) is 0 Å². The molecule has 0 N–H and O–H groups in total. The lowest BCUT2D eigenvalue weighted by Gasteiger charge is -1.93. The zero-order chi connectivity index (χ0) is 9.07. The highest BCUT2D eigenvalue weighted by Crippen LogP contribution is 1.99. The monoisotopic (exact) mass is 184 g/mol. The number of unbranched alkanes of at least 4 members (excludes halogenated alkanes) is 3. The molecule has 0 amide bonds. The molecule has 0 spiro atoms. The van der Waals surface area contributed by atoms with E-state index in [0.29, 0.717) is 13.1 Å². The summed E-state index contributed by atoms with van der Waals surface area (Å²) in [5.41, 5.74) is 0. The van der Waals surface area contributed by atoms with Crippen molar-refractivity contribution in [3.05, 3.63) is 0 Å². The average molecular weight is 184 g/mol. The maximum Gasteiger partial charge on any atom is 0.234 e. The molecule has 0 aliphatic carbocycles. The van der Waals surface area contributed by atoms with Crippen LogP contribution in [0.15, 0.2) is 9.98 Å². The molecular weight excluding hydrogens is 168 g/mol. The third-order valence-electron chi connectivity index (χ3n) is 1.42. The molecule has 74 valence electrons. The maximum absolute atomic E-state index is 9.63. The van der Waals surface area contributed by atoms with E-state index >= 15 is 0 Å². The van der Waals surface area contributed by atoms with Gasteiger partial charge in [0.05, 0.1) is 13.1 Å². The second-order valence-corrected chi connectivity index (χ2v) is 2.36. The SMILES string of the molecule is C.O=C=NCCCCCCN=C=O. The summed E-state index contributed by atoms with van der Waals surface area (Å²) in [5, 5.41) is 0. The number of aliphatic imine (C=N–C) groups is 2. The van der Waals surface area contributed by atoms with Gasteiger partial charge in [-0.1, -0.05) is 20.3 Å². The van der Waals surface area contributed by atoms with Crippen LogP contribution in [0.5, 0.6) is 0 Å². The van der Waals surface area contributed by atoms with Gasteiger partial charge in [-0.2, -0.15) is 0 Å². The molecule has 0 aromatic rings. The molecule has 0 aromatic carbocycles. The Morgan fingerprint density at radius 3 is 1.46 bits per heavy atom. The smallest absolute Gasteiger partial charge is 0.211 e. The third kappa shape index (κ3) is 13.7. The van der Waals surface area contributed by atoms with Gasteiger partial charge in [-0.25, -0.2) is 19.6 Å². The molecule has 0 aliphatic heterocycles. The Kier molecular flexibility index (Phi) is 14.7. The summed E-state index contributed by atoms with van der Waals surface area (Å²) in [6.45, 7) is 1.11. The second-order valence-electron chi connectivity index (χ2n) is 2.36. The number of hydrogen-bond acceptors (Lipinski definition) is 4. The predicted molar refractivity (Wildman–Crippen MR) is 51.2 cm³/mol. The van der Waals surface area contributed by atoms with Gasteiger partial charge in [0.15, 0.2) is 0 Å². The molecule has 4 heteroatoms. The fraction of sp³-hybridized carbons (Fsp3) is 0.778. The summed E-state index contributed by atoms with van der Waals surface area (Å²) < 4.78 is 0. The Hall–Kier alpha value is -1.24. The minimum absolute atomic E-state index is 0. The van der Waals surface area contributed by atoms with E-state index in [9.17, 15) is 9.59 Å². The lowest BCUT2D eigenvalue weighted by atomic mass is 10.2. The van der Waals surface area contributed by atoms with Crippen molar-refractivity contribution in [3.63, 3.8) is 0 Å². The summed E-state index contributed by atoms with van der Waals surface area (Å²) in [7, 11) is 0. The zero-order valence-corrected chi connectivity index (χ0v) is 6.95. The van der Waals surface area contributed by atoms with Crippen LogP contribution in [0.4, 0.5) is 0 Å². The van der Waals surface area contributed by atoms with E-state index < -0.39 is 0 Å². The van der Waals surface area contributed by atoms with Crippen LogP contribution in [0.1, 0.15) is 33.1 Å². The number of rotatable bonds is 7. The molecule has 0 rings (SSSR count). The van der Waals surface area contributed by atoms with Gasteiger partial charge in [0.1, 0.15) is 0 Å². The zero-order valence-electron chi connectivity index (χ0n) is 6.95. The van der Waals surface area contributed by atoms with Gasteiger partial charge < -0.3 is 0 Å². The summed E-state index contributed by atoms with van der Waals surface area (Å²) >= 11 is 0. The molecule has 0 radical (unpaired) electrons. The van der Waals surface area contributed by atoms with Crippen molar-refractivity contribution in [1.82, 2.24) is 0 Å². The van der Waals surface area contributed by atoms with Crippen molar-refractivity contribution in [2.45, 2.75) is 33.1 Å². The first-order chi connectivity index (χ1) is 5.91. The first-order valence-electron chi connectivity index (χ1n) is 3.99. The lowest BCUT2D eigenvalue weighted by molar-refractivity contribution is 0.558. The van der Waals surface area contributed by atoms with Gasteiger partial charge >= 0.3 is 0 Å². The summed E-state index contributed by atoms with van der Waals surface area (Å²) in [6, 6.07) is 0. The standard InChI is InChI=1S/C8H12N2O2.CH4/c11-7-9-5-3-1-2-4-6-10-8-12;/h1-6H2;1H4. The molecule has 0 saturated heterocycles. The Morgan fingerprint density at radius 1 is 0.769 bits per heavy atom. The molecule has 0 heterocycles. The van der Waals surface area contributed by atoms with E-state index in [-0.39, 0.29) is 7.43 Å². The molecule has 13 heavy (non-hydrogen) atoms. The molecular formula is C9H16N2O2. The Balaban J connectivity index is 0. The van der Waals surface area contributed by atoms with E-state index in [0.717, 1.165) is 25.7 Å². The second kappa shape index (κ2) is 13.4. The van der Waals surface area contributed by atoms with E-state index in [4.69, 9.17) is 0 Å². The average Bonchev–Trinajstić information content (AvgIpc) is 2.10. The number of carbonyl (C=O) groups excluding carboxylic acids is 2. The highest BCUT2D eigenvalue weighted by Gasteiger charge is 1.87. The predicted octanol–water partition coefficient (Wildman–Crippen LogP) is 1.85. The van der Waals surface area contributed by atoms with Gasteiger partial charge in [0, 0.05) is 0 Å². The fourth-order valence-corrected chi connectivity index (χ4v) is 0.827. The van der Waals surface area contributed by atoms with Crippen molar-refractivity contribution in [2.75, 3.05) is 13.1 Å². The fourth-order valence-electron chi connectivity index (χ4n) is 0.827. The third-order valence-corrected chi connectivity index (χ3v) is 1.42. The van der Waals surface area contributed by atoms with Crippen molar-refractivity contribution in [1.29, 1.82) is 0 Å². The van der Waals surface area contributed by atoms with E-state index in [2.05, 4.69) is 9.98 Å². The van der Waals surface area contributed by atoms with Crippen molar-refractivity contribution < 1.29 is 9.59 Å². The Labute approximate surface area is 78.8 Å². The summed E-state index contributed by atoms with van der Waals surface area (Å²) in [5.74, 6) is 0. The van der Waals surface area contributed by atoms with Gasteiger partial charge in [0.2, 0.25) is 12.2 Å². The largest absolute Gasteiger partial charge is 0.234 e. The minimum atomic E-state index is 0. The molecule has 4 nitrogen and oxygen atoms in total. The van der Waals surface area contributed by atoms with Gasteiger partial charge in [-0.15, -0.1) is 0 Å². The first kappa shape index (κ1) is 14.3. The molecule has 0 saturated carbocycles. The van der Waals surface area contributed by atoms with Crippen LogP contribution in [0.25, 0.3) is 0 Å². The van der Waals surface area contributed by atoms with Gasteiger partial charge in [0.25, 0.3) is 0 Å². The van der Waals surface area contributed by atoms with E-state index in [1.165, 1.54) is 12.2 Å². The summed E-state index contributed by atoms with van der Waals surface area (Å²) in [6.07, 6.45) is 6.80. The van der Waals surface area contributed by atoms with E-state index in [1.807, 2.05) is 0 Å². The van der Waals surface area contributed by atoms with Gasteiger partial charge in [-0.05, 0) is 12.8 Å². The van der Waals surface area contributed by atoms with Crippen LogP contribution in [0, 0.1) is 0 Å². The van der Waals surface area contributed by atoms with Crippen LogP contribution >= 0.6 is 0 Å². The van der Waals surface area contributed by atoms with Crippen molar-refractivity contribution in [3.8, 4) is 0 Å². The topological polar surface area (TPSA) is 58.9 Å². The van der Waals surface area contributed by atoms with Crippen molar-refractivity contribution in [2.24, 2.45) is 9.98 Å². The highest BCUT2D eigenvalue weighted by atomic mass is 16.1. The molecule has 0 fully saturated rings. The van der Waals surface area contributed by atoms with Crippen LogP contribution in [-0.4, -0.2) is 25.2 Å². The molecule has 0 aromatic heterocycles. The molecule has 0 bridgehead atoms. The maximum atomic E-state index is 9.63. The van der Waals surface area contributed by atoms with Crippen LogP contribution < -0.4 is 0 Å². The molecule has 0 atom stereocenters. The normalized spacial score (nSPS) is 7.69. The highest BCUT2D eigenvalue weighted by molar-refractivity contribution is 5.32. The minimum Gasteiger partial charge on any atom is -0.211 e. The number of isocyanates is 2. The lowest BCUT2D eigenvalue weighted by Crippen LogP contribution is -1.84. The quantitative estimate of drug-likeness (QED) is 0.344. The molecule has 0 aliphatic rings. The van der Waals surface area contributed by atoms with Crippen LogP contribution in [0.3, 0.4) is 0 Å². The molecule has 0 unspecified atom stereocenters. The number of nitrogens with zero attached hydrogens (tertiary/aromatic N) is 2. The Morgan fingerprint density at radius 2 is 1.15 bits per heavy atom. The first-order valence-corrected chi connectivity index (χ1v) is 3.99.